The van der Waals surface area contributed by atoms with Crippen LogP contribution in [0.15, 0.2) is 46.9 Å². The molecule has 0 radical (unpaired) electrons. The lowest BCUT2D eigenvalue weighted by Crippen LogP contribution is -2.12. The van der Waals surface area contributed by atoms with E-state index in [1.807, 2.05) is 25.1 Å². The van der Waals surface area contributed by atoms with Crippen molar-refractivity contribution in [2.24, 2.45) is 0 Å². The monoisotopic (exact) mass is 345 g/mol. The SMILES string of the molecule is Cc1ccc(CCCC(=O)Nc2ccc(C)cc2Br)cc1. The van der Waals surface area contributed by atoms with E-state index in [-0.39, 0.29) is 5.91 Å². The Morgan fingerprint density at radius 3 is 2.38 bits per heavy atom. The van der Waals surface area contributed by atoms with E-state index in [9.17, 15) is 4.79 Å². The van der Waals surface area contributed by atoms with Crippen molar-refractivity contribution in [3.05, 3.63) is 63.6 Å². The zero-order valence-corrected chi connectivity index (χ0v) is 14.0. The quantitative estimate of drug-likeness (QED) is 0.809. The summed E-state index contributed by atoms with van der Waals surface area (Å²) in [5.41, 5.74) is 4.55. The van der Waals surface area contributed by atoms with Gasteiger partial charge in [0.25, 0.3) is 0 Å². The highest BCUT2D eigenvalue weighted by atomic mass is 79.9. The van der Waals surface area contributed by atoms with Crippen LogP contribution in [0, 0.1) is 13.8 Å². The number of halogens is 1. The number of carbonyl (C=O) groups is 1. The highest BCUT2D eigenvalue weighted by Gasteiger charge is 2.05. The Kier molecular flexibility index (Phi) is 5.57. The highest BCUT2D eigenvalue weighted by Crippen LogP contribution is 2.23. The van der Waals surface area contributed by atoms with E-state index in [1.54, 1.807) is 0 Å². The molecule has 0 saturated carbocycles. The summed E-state index contributed by atoms with van der Waals surface area (Å²) in [4.78, 5) is 12.0. The molecule has 2 rings (SSSR count). The van der Waals surface area contributed by atoms with E-state index in [0.29, 0.717) is 6.42 Å². The number of rotatable bonds is 5. The number of anilines is 1. The zero-order valence-electron chi connectivity index (χ0n) is 12.4. The second kappa shape index (κ2) is 7.41. The Morgan fingerprint density at radius 2 is 1.71 bits per heavy atom. The van der Waals surface area contributed by atoms with E-state index >= 15 is 0 Å². The van der Waals surface area contributed by atoms with Gasteiger partial charge in [0.15, 0.2) is 0 Å². The van der Waals surface area contributed by atoms with Gasteiger partial charge in [-0.3, -0.25) is 4.79 Å². The van der Waals surface area contributed by atoms with Crippen LogP contribution in [0.5, 0.6) is 0 Å². The first-order valence-corrected chi connectivity index (χ1v) is 7.95. The molecular weight excluding hydrogens is 326 g/mol. The first kappa shape index (κ1) is 15.8. The van der Waals surface area contributed by atoms with Gasteiger partial charge in [0, 0.05) is 10.9 Å². The summed E-state index contributed by atoms with van der Waals surface area (Å²) >= 11 is 3.47. The largest absolute Gasteiger partial charge is 0.325 e. The van der Waals surface area contributed by atoms with Gasteiger partial charge in [0.05, 0.1) is 5.69 Å². The molecule has 0 fully saturated rings. The third-order valence-corrected chi connectivity index (χ3v) is 4.04. The van der Waals surface area contributed by atoms with Crippen LogP contribution in [0.2, 0.25) is 0 Å². The molecule has 2 aromatic carbocycles. The van der Waals surface area contributed by atoms with Crippen LogP contribution in [0.25, 0.3) is 0 Å². The molecule has 0 aliphatic carbocycles. The summed E-state index contributed by atoms with van der Waals surface area (Å²) in [5.74, 6) is 0.0617. The second-order valence-electron chi connectivity index (χ2n) is 5.37. The van der Waals surface area contributed by atoms with Crippen LogP contribution in [0.1, 0.15) is 29.5 Å². The molecule has 3 heteroatoms. The van der Waals surface area contributed by atoms with Crippen molar-refractivity contribution in [2.45, 2.75) is 33.1 Å². The van der Waals surface area contributed by atoms with Crippen molar-refractivity contribution in [3.8, 4) is 0 Å². The maximum Gasteiger partial charge on any atom is 0.224 e. The zero-order chi connectivity index (χ0) is 15.2. The van der Waals surface area contributed by atoms with Gasteiger partial charge in [-0.05, 0) is 65.9 Å². The number of benzene rings is 2. The van der Waals surface area contributed by atoms with Gasteiger partial charge in [-0.25, -0.2) is 0 Å². The lowest BCUT2D eigenvalue weighted by atomic mass is 10.1. The molecule has 21 heavy (non-hydrogen) atoms. The summed E-state index contributed by atoms with van der Waals surface area (Å²) in [5, 5.41) is 2.95. The number of nitrogens with one attached hydrogen (secondary N) is 1. The highest BCUT2D eigenvalue weighted by molar-refractivity contribution is 9.10. The van der Waals surface area contributed by atoms with E-state index in [0.717, 1.165) is 23.0 Å². The van der Waals surface area contributed by atoms with E-state index < -0.39 is 0 Å². The van der Waals surface area contributed by atoms with Crippen LogP contribution < -0.4 is 5.32 Å². The summed E-state index contributed by atoms with van der Waals surface area (Å²) in [6.45, 7) is 4.11. The minimum absolute atomic E-state index is 0.0617. The molecule has 1 amide bonds. The lowest BCUT2D eigenvalue weighted by Gasteiger charge is -2.08. The average Bonchev–Trinajstić information content (AvgIpc) is 2.44. The Balaban J connectivity index is 1.81. The van der Waals surface area contributed by atoms with Gasteiger partial charge >= 0.3 is 0 Å². The molecule has 1 N–H and O–H groups in total. The van der Waals surface area contributed by atoms with Gasteiger partial charge in [-0.1, -0.05) is 35.9 Å². The van der Waals surface area contributed by atoms with Gasteiger partial charge in [0.1, 0.15) is 0 Å². The fourth-order valence-electron chi connectivity index (χ4n) is 2.14. The fourth-order valence-corrected chi connectivity index (χ4v) is 2.73. The molecule has 110 valence electrons. The first-order valence-electron chi connectivity index (χ1n) is 7.16. The Bertz CT molecular complexity index is 620. The molecular formula is C18H20BrNO. The van der Waals surface area contributed by atoms with Crippen LogP contribution in [0.4, 0.5) is 5.69 Å². The van der Waals surface area contributed by atoms with Crippen molar-refractivity contribution in [1.29, 1.82) is 0 Å². The molecule has 0 aliphatic heterocycles. The van der Waals surface area contributed by atoms with Crippen molar-refractivity contribution in [2.75, 3.05) is 5.32 Å². The summed E-state index contributed by atoms with van der Waals surface area (Å²) in [6.07, 6.45) is 2.33. The predicted molar refractivity (Wildman–Crippen MR) is 91.6 cm³/mol. The van der Waals surface area contributed by atoms with Gasteiger partial charge in [0.2, 0.25) is 5.91 Å². The molecule has 0 aromatic heterocycles. The minimum Gasteiger partial charge on any atom is -0.325 e. The normalized spacial score (nSPS) is 10.4. The predicted octanol–water partition coefficient (Wildman–Crippen LogP) is 5.03. The van der Waals surface area contributed by atoms with Crippen LogP contribution in [-0.4, -0.2) is 5.91 Å². The number of hydrogen-bond donors (Lipinski definition) is 1. The van der Waals surface area contributed by atoms with Crippen LogP contribution >= 0.6 is 15.9 Å². The third kappa shape index (κ3) is 5.01. The number of hydrogen-bond acceptors (Lipinski definition) is 1. The second-order valence-corrected chi connectivity index (χ2v) is 6.22. The Morgan fingerprint density at radius 1 is 1.05 bits per heavy atom. The molecule has 0 unspecified atom stereocenters. The van der Waals surface area contributed by atoms with Crippen LogP contribution in [-0.2, 0) is 11.2 Å². The number of aryl methyl sites for hydroxylation is 3. The summed E-state index contributed by atoms with van der Waals surface area (Å²) in [6, 6.07) is 14.4. The molecule has 2 aromatic rings. The maximum absolute atomic E-state index is 12.0. The average molecular weight is 346 g/mol. The van der Waals surface area contributed by atoms with E-state index in [4.69, 9.17) is 0 Å². The maximum atomic E-state index is 12.0. The number of carbonyl (C=O) groups excluding carboxylic acids is 1. The first-order chi connectivity index (χ1) is 10.0. The smallest absolute Gasteiger partial charge is 0.224 e. The van der Waals surface area contributed by atoms with Crippen molar-refractivity contribution in [3.63, 3.8) is 0 Å². The third-order valence-electron chi connectivity index (χ3n) is 3.39. The van der Waals surface area contributed by atoms with Gasteiger partial charge in [-0.15, -0.1) is 0 Å². The van der Waals surface area contributed by atoms with Crippen molar-refractivity contribution in [1.82, 2.24) is 0 Å². The summed E-state index contributed by atoms with van der Waals surface area (Å²) < 4.78 is 0.925. The fraction of sp³-hybridized carbons (Fsp3) is 0.278. The molecule has 0 aliphatic rings. The van der Waals surface area contributed by atoms with Crippen LogP contribution in [0.3, 0.4) is 0 Å². The molecule has 0 bridgehead atoms. The molecule has 0 saturated heterocycles. The minimum atomic E-state index is 0.0617. The molecule has 0 spiro atoms. The molecule has 0 heterocycles. The van der Waals surface area contributed by atoms with Gasteiger partial charge < -0.3 is 5.32 Å². The van der Waals surface area contributed by atoms with E-state index in [2.05, 4.69) is 52.4 Å². The summed E-state index contributed by atoms with van der Waals surface area (Å²) in [7, 11) is 0. The standard InChI is InChI=1S/C18H20BrNO/c1-13-6-9-15(10-7-13)4-3-5-18(21)20-17-11-8-14(2)12-16(17)19/h6-12H,3-5H2,1-2H3,(H,20,21). The Labute approximate surface area is 134 Å². The van der Waals surface area contributed by atoms with E-state index in [1.165, 1.54) is 16.7 Å². The Hall–Kier alpha value is -1.61. The number of amides is 1. The molecule has 0 atom stereocenters. The van der Waals surface area contributed by atoms with Crippen molar-refractivity contribution >= 4 is 27.5 Å². The topological polar surface area (TPSA) is 29.1 Å². The van der Waals surface area contributed by atoms with Gasteiger partial charge in [-0.2, -0.15) is 0 Å². The lowest BCUT2D eigenvalue weighted by molar-refractivity contribution is -0.116. The molecule has 2 nitrogen and oxygen atoms in total. The van der Waals surface area contributed by atoms with Crippen molar-refractivity contribution < 1.29 is 4.79 Å².